The van der Waals surface area contributed by atoms with E-state index < -0.39 is 0 Å². The highest BCUT2D eigenvalue weighted by molar-refractivity contribution is 6.31. The molecule has 0 fully saturated rings. The average molecular weight is 268 g/mol. The predicted molar refractivity (Wildman–Crippen MR) is 71.7 cm³/mol. The van der Waals surface area contributed by atoms with Crippen molar-refractivity contribution in [3.63, 3.8) is 0 Å². The van der Waals surface area contributed by atoms with Crippen LogP contribution < -0.4 is 4.74 Å². The number of allylic oxidation sites excluding steroid dienone is 2. The number of hydrogen-bond acceptors (Lipinski definition) is 3. The van der Waals surface area contributed by atoms with Crippen molar-refractivity contribution in [3.8, 4) is 5.88 Å². The lowest BCUT2D eigenvalue weighted by atomic mass is 9.85. The molecule has 0 aliphatic heterocycles. The Labute approximate surface area is 112 Å². The molecule has 18 heavy (non-hydrogen) atoms. The summed E-state index contributed by atoms with van der Waals surface area (Å²) in [6, 6.07) is 1.69. The lowest BCUT2D eigenvalue weighted by Crippen LogP contribution is -2.21. The van der Waals surface area contributed by atoms with Crippen LogP contribution in [-0.2, 0) is 6.61 Å². The number of aliphatic hydroxyl groups is 1. The highest BCUT2D eigenvalue weighted by atomic mass is 35.5. The summed E-state index contributed by atoms with van der Waals surface area (Å²) in [5, 5.41) is 9.43. The molecule has 0 amide bonds. The highest BCUT2D eigenvalue weighted by Crippen LogP contribution is 2.28. The first-order valence-corrected chi connectivity index (χ1v) is 6.61. The largest absolute Gasteiger partial charge is 0.476 e. The SMILES string of the molecule is CC1CC=CCC1COc1ncc(CO)cc1Cl. The molecule has 0 spiro atoms. The van der Waals surface area contributed by atoms with Gasteiger partial charge in [-0.25, -0.2) is 4.98 Å². The monoisotopic (exact) mass is 267 g/mol. The summed E-state index contributed by atoms with van der Waals surface area (Å²) < 4.78 is 5.69. The second-order valence-corrected chi connectivity index (χ2v) is 5.19. The molecule has 3 nitrogen and oxygen atoms in total. The van der Waals surface area contributed by atoms with E-state index in [1.54, 1.807) is 12.3 Å². The molecule has 1 aromatic rings. The van der Waals surface area contributed by atoms with E-state index in [4.69, 9.17) is 21.4 Å². The van der Waals surface area contributed by atoms with Gasteiger partial charge in [0, 0.05) is 6.20 Å². The molecule has 1 N–H and O–H groups in total. The van der Waals surface area contributed by atoms with Crippen LogP contribution in [-0.4, -0.2) is 16.7 Å². The zero-order valence-electron chi connectivity index (χ0n) is 10.5. The lowest BCUT2D eigenvalue weighted by molar-refractivity contribution is 0.192. The van der Waals surface area contributed by atoms with E-state index in [1.807, 2.05) is 0 Å². The summed E-state index contributed by atoms with van der Waals surface area (Å²) in [6.45, 7) is 2.82. The molecular weight excluding hydrogens is 250 g/mol. The fraction of sp³-hybridized carbons (Fsp3) is 0.500. The van der Waals surface area contributed by atoms with Gasteiger partial charge in [-0.3, -0.25) is 0 Å². The number of rotatable bonds is 4. The molecule has 0 saturated carbocycles. The number of pyridine rings is 1. The third-order valence-electron chi connectivity index (χ3n) is 3.40. The zero-order chi connectivity index (χ0) is 13.0. The van der Waals surface area contributed by atoms with E-state index in [1.165, 1.54) is 0 Å². The summed E-state index contributed by atoms with van der Waals surface area (Å²) in [4.78, 5) is 4.13. The number of aromatic nitrogens is 1. The first kappa shape index (κ1) is 13.4. The van der Waals surface area contributed by atoms with Gasteiger partial charge in [-0.15, -0.1) is 0 Å². The van der Waals surface area contributed by atoms with Crippen molar-refractivity contribution in [3.05, 3.63) is 35.0 Å². The van der Waals surface area contributed by atoms with E-state index in [2.05, 4.69) is 24.1 Å². The Kier molecular flexibility index (Phi) is 4.61. The molecular formula is C14H18ClNO2. The predicted octanol–water partition coefficient (Wildman–Crippen LogP) is 3.21. The molecule has 98 valence electrons. The number of aliphatic hydroxyl groups excluding tert-OH is 1. The maximum atomic E-state index is 8.97. The minimum atomic E-state index is -0.0581. The van der Waals surface area contributed by atoms with Gasteiger partial charge in [0.2, 0.25) is 5.88 Å². The van der Waals surface area contributed by atoms with Crippen molar-refractivity contribution in [2.45, 2.75) is 26.4 Å². The Balaban J connectivity index is 1.95. The molecule has 0 bridgehead atoms. The molecule has 1 aliphatic rings. The summed E-state index contributed by atoms with van der Waals surface area (Å²) in [5.74, 6) is 1.60. The average Bonchev–Trinajstić information content (AvgIpc) is 2.39. The minimum absolute atomic E-state index is 0.0581. The molecule has 2 rings (SSSR count). The van der Waals surface area contributed by atoms with Crippen molar-refractivity contribution < 1.29 is 9.84 Å². The molecule has 1 aromatic heterocycles. The molecule has 1 aliphatic carbocycles. The number of halogens is 1. The van der Waals surface area contributed by atoms with Crippen molar-refractivity contribution in [1.29, 1.82) is 0 Å². The van der Waals surface area contributed by atoms with Crippen LogP contribution in [0.4, 0.5) is 0 Å². The van der Waals surface area contributed by atoms with E-state index in [0.29, 0.717) is 34.9 Å². The Hall–Kier alpha value is -1.06. The quantitative estimate of drug-likeness (QED) is 0.852. The van der Waals surface area contributed by atoms with E-state index >= 15 is 0 Å². The molecule has 4 heteroatoms. The van der Waals surface area contributed by atoms with Crippen LogP contribution in [0, 0.1) is 11.8 Å². The van der Waals surface area contributed by atoms with Crippen LogP contribution >= 0.6 is 11.6 Å². The van der Waals surface area contributed by atoms with Crippen molar-refractivity contribution in [1.82, 2.24) is 4.98 Å². The van der Waals surface area contributed by atoms with Gasteiger partial charge in [-0.1, -0.05) is 30.7 Å². The second-order valence-electron chi connectivity index (χ2n) is 4.78. The van der Waals surface area contributed by atoms with Gasteiger partial charge >= 0.3 is 0 Å². The summed E-state index contributed by atoms with van der Waals surface area (Å²) >= 11 is 6.05. The summed E-state index contributed by atoms with van der Waals surface area (Å²) in [6.07, 6.45) is 8.18. The molecule has 2 atom stereocenters. The van der Waals surface area contributed by atoms with E-state index in [9.17, 15) is 0 Å². The first-order chi connectivity index (χ1) is 8.70. The van der Waals surface area contributed by atoms with Crippen molar-refractivity contribution in [2.75, 3.05) is 6.61 Å². The van der Waals surface area contributed by atoms with Gasteiger partial charge in [0.15, 0.2) is 0 Å². The number of ether oxygens (including phenoxy) is 1. The van der Waals surface area contributed by atoms with Gasteiger partial charge < -0.3 is 9.84 Å². The lowest BCUT2D eigenvalue weighted by Gasteiger charge is -2.25. The second kappa shape index (κ2) is 6.21. The van der Waals surface area contributed by atoms with E-state index in [-0.39, 0.29) is 6.61 Å². The topological polar surface area (TPSA) is 42.4 Å². The van der Waals surface area contributed by atoms with Crippen LogP contribution in [0.15, 0.2) is 24.4 Å². The standard InChI is InChI=1S/C14H18ClNO2/c1-10-4-2-3-5-12(10)9-18-14-13(15)6-11(8-17)7-16-14/h2-3,6-7,10,12,17H,4-5,8-9H2,1H3. The number of hydrogen-bond donors (Lipinski definition) is 1. The zero-order valence-corrected chi connectivity index (χ0v) is 11.2. The molecule has 0 radical (unpaired) electrons. The summed E-state index contributed by atoms with van der Waals surface area (Å²) in [5.41, 5.74) is 0.696. The Bertz CT molecular complexity index is 434. The number of nitrogens with zero attached hydrogens (tertiary/aromatic N) is 1. The highest BCUT2D eigenvalue weighted by Gasteiger charge is 2.19. The van der Waals surface area contributed by atoms with Crippen LogP contribution in [0.5, 0.6) is 5.88 Å². The normalized spacial score (nSPS) is 23.1. The maximum absolute atomic E-state index is 8.97. The molecule has 0 aromatic carbocycles. The van der Waals surface area contributed by atoms with Crippen LogP contribution in [0.1, 0.15) is 25.3 Å². The molecule has 1 heterocycles. The Morgan fingerprint density at radius 2 is 2.22 bits per heavy atom. The van der Waals surface area contributed by atoms with Crippen LogP contribution in [0.2, 0.25) is 5.02 Å². The summed E-state index contributed by atoms with van der Waals surface area (Å²) in [7, 11) is 0. The fourth-order valence-corrected chi connectivity index (χ4v) is 2.33. The fourth-order valence-electron chi connectivity index (χ4n) is 2.08. The van der Waals surface area contributed by atoms with Gasteiger partial charge in [-0.05, 0) is 36.3 Å². The third kappa shape index (κ3) is 3.24. The van der Waals surface area contributed by atoms with Gasteiger partial charge in [0.05, 0.1) is 13.2 Å². The van der Waals surface area contributed by atoms with Crippen LogP contribution in [0.3, 0.4) is 0 Å². The molecule has 0 saturated heterocycles. The van der Waals surface area contributed by atoms with E-state index in [0.717, 1.165) is 12.8 Å². The van der Waals surface area contributed by atoms with Gasteiger partial charge in [0.1, 0.15) is 5.02 Å². The van der Waals surface area contributed by atoms with Gasteiger partial charge in [0.25, 0.3) is 0 Å². The Morgan fingerprint density at radius 1 is 1.44 bits per heavy atom. The van der Waals surface area contributed by atoms with Crippen molar-refractivity contribution in [2.24, 2.45) is 11.8 Å². The van der Waals surface area contributed by atoms with Crippen molar-refractivity contribution >= 4 is 11.6 Å². The van der Waals surface area contributed by atoms with Crippen LogP contribution in [0.25, 0.3) is 0 Å². The third-order valence-corrected chi connectivity index (χ3v) is 3.67. The van der Waals surface area contributed by atoms with Gasteiger partial charge in [-0.2, -0.15) is 0 Å². The minimum Gasteiger partial charge on any atom is -0.476 e. The maximum Gasteiger partial charge on any atom is 0.232 e. The first-order valence-electron chi connectivity index (χ1n) is 6.23. The Morgan fingerprint density at radius 3 is 2.89 bits per heavy atom. The smallest absolute Gasteiger partial charge is 0.232 e. The molecule has 2 unspecified atom stereocenters.